The van der Waals surface area contributed by atoms with E-state index in [2.05, 4.69) is 11.2 Å². The third kappa shape index (κ3) is 3.53. The summed E-state index contributed by atoms with van der Waals surface area (Å²) >= 11 is 0. The van der Waals surface area contributed by atoms with Crippen molar-refractivity contribution in [3.05, 3.63) is 42.0 Å². The van der Waals surface area contributed by atoms with Gasteiger partial charge in [-0.3, -0.25) is 4.79 Å². The summed E-state index contributed by atoms with van der Waals surface area (Å²) in [6.45, 7) is 1.99. The quantitative estimate of drug-likeness (QED) is 0.824. The topological polar surface area (TPSA) is 64.3 Å². The molecule has 0 aromatic heterocycles. The van der Waals surface area contributed by atoms with E-state index in [4.69, 9.17) is 16.9 Å². The van der Waals surface area contributed by atoms with Crippen molar-refractivity contribution >= 4 is 16.7 Å². The van der Waals surface area contributed by atoms with Crippen LogP contribution in [0.1, 0.15) is 18.5 Å². The molecule has 0 aliphatic rings. The highest BCUT2D eigenvalue weighted by atomic mass is 16.5. The van der Waals surface area contributed by atoms with Crippen molar-refractivity contribution in [3.63, 3.8) is 0 Å². The maximum absolute atomic E-state index is 11.6. The minimum atomic E-state index is -0.253. The molecule has 1 amide bonds. The summed E-state index contributed by atoms with van der Waals surface area (Å²) in [4.78, 5) is 11.6. The zero-order chi connectivity index (χ0) is 15.2. The number of hydrogen-bond acceptors (Lipinski definition) is 3. The van der Waals surface area contributed by atoms with E-state index in [0.29, 0.717) is 5.75 Å². The Balaban J connectivity index is 2.29. The number of nitrogens with two attached hydrogens (primary N) is 1. The predicted octanol–water partition coefficient (Wildman–Crippen LogP) is 1.99. The zero-order valence-electron chi connectivity index (χ0n) is 11.9. The number of amides is 1. The van der Waals surface area contributed by atoms with E-state index in [1.807, 2.05) is 43.3 Å². The van der Waals surface area contributed by atoms with Crippen molar-refractivity contribution in [3.8, 4) is 18.1 Å². The number of carbonyl (C=O) groups excluding carboxylic acids is 1. The number of nitrogens with one attached hydrogen (secondary N) is 1. The van der Waals surface area contributed by atoms with Crippen LogP contribution in [0.3, 0.4) is 0 Å². The lowest BCUT2D eigenvalue weighted by molar-refractivity contribution is -0.122. The maximum Gasteiger partial charge on any atom is 0.258 e. The van der Waals surface area contributed by atoms with E-state index in [1.54, 1.807) is 0 Å². The molecule has 0 fully saturated rings. The van der Waals surface area contributed by atoms with E-state index in [-0.39, 0.29) is 25.1 Å². The lowest BCUT2D eigenvalue weighted by atomic mass is 10.0. The number of carbonyl (C=O) groups is 1. The predicted molar refractivity (Wildman–Crippen MR) is 83.9 cm³/mol. The molecule has 0 spiro atoms. The zero-order valence-corrected chi connectivity index (χ0v) is 11.9. The van der Waals surface area contributed by atoms with Gasteiger partial charge >= 0.3 is 0 Å². The molecule has 21 heavy (non-hydrogen) atoms. The van der Waals surface area contributed by atoms with Crippen LogP contribution in [-0.4, -0.2) is 19.1 Å². The van der Waals surface area contributed by atoms with E-state index in [9.17, 15) is 4.79 Å². The third-order valence-electron chi connectivity index (χ3n) is 3.14. The highest BCUT2D eigenvalue weighted by molar-refractivity contribution is 5.90. The maximum atomic E-state index is 11.6. The normalized spacial score (nSPS) is 11.7. The molecule has 2 aromatic carbocycles. The lowest BCUT2D eigenvalue weighted by Crippen LogP contribution is -2.29. The molecule has 108 valence electrons. The van der Waals surface area contributed by atoms with Gasteiger partial charge in [0.25, 0.3) is 5.91 Å². The highest BCUT2D eigenvalue weighted by Gasteiger charge is 2.13. The van der Waals surface area contributed by atoms with Crippen LogP contribution in [-0.2, 0) is 4.79 Å². The minimum absolute atomic E-state index is 0.0879. The van der Waals surface area contributed by atoms with Crippen molar-refractivity contribution in [1.82, 2.24) is 5.32 Å². The van der Waals surface area contributed by atoms with E-state index in [1.165, 1.54) is 0 Å². The molecule has 2 aromatic rings. The van der Waals surface area contributed by atoms with Crippen molar-refractivity contribution in [2.75, 3.05) is 13.2 Å². The van der Waals surface area contributed by atoms with Crippen LogP contribution in [0.5, 0.6) is 5.75 Å². The summed E-state index contributed by atoms with van der Waals surface area (Å²) in [7, 11) is 0. The molecule has 0 aliphatic heterocycles. The first-order valence-corrected chi connectivity index (χ1v) is 6.73. The largest absolute Gasteiger partial charge is 0.483 e. The minimum Gasteiger partial charge on any atom is -0.483 e. The summed E-state index contributed by atoms with van der Waals surface area (Å²) in [5, 5.41) is 4.55. The number of terminal acetylenes is 1. The van der Waals surface area contributed by atoms with Crippen molar-refractivity contribution in [2.45, 2.75) is 13.0 Å². The molecule has 0 radical (unpaired) electrons. The molecule has 4 heteroatoms. The highest BCUT2D eigenvalue weighted by Crippen LogP contribution is 2.32. The van der Waals surface area contributed by atoms with Gasteiger partial charge in [0.1, 0.15) is 5.75 Å². The Morgan fingerprint density at radius 2 is 2.14 bits per heavy atom. The fourth-order valence-electron chi connectivity index (χ4n) is 2.12. The van der Waals surface area contributed by atoms with Crippen LogP contribution in [0.2, 0.25) is 0 Å². The second kappa shape index (κ2) is 6.78. The molecule has 0 unspecified atom stereocenters. The first-order chi connectivity index (χ1) is 10.1. The van der Waals surface area contributed by atoms with Gasteiger partial charge in [-0.1, -0.05) is 42.3 Å². The SMILES string of the molecule is C#CCNC(=O)COc1c([C@H](C)N)ccc2ccccc12. The van der Waals surface area contributed by atoms with Gasteiger partial charge in [-0.25, -0.2) is 0 Å². The summed E-state index contributed by atoms with van der Waals surface area (Å²) in [5.41, 5.74) is 6.86. The fraction of sp³-hybridized carbons (Fsp3) is 0.235. The molecule has 0 aliphatic carbocycles. The molecule has 2 rings (SSSR count). The van der Waals surface area contributed by atoms with Gasteiger partial charge in [0, 0.05) is 17.0 Å². The Morgan fingerprint density at radius 3 is 2.86 bits per heavy atom. The van der Waals surface area contributed by atoms with Gasteiger partial charge < -0.3 is 15.8 Å². The van der Waals surface area contributed by atoms with Gasteiger partial charge in [-0.05, 0) is 12.3 Å². The molecule has 4 nitrogen and oxygen atoms in total. The molecule has 0 saturated carbocycles. The molecule has 0 saturated heterocycles. The first kappa shape index (κ1) is 14.9. The van der Waals surface area contributed by atoms with Gasteiger partial charge in [0.05, 0.1) is 6.54 Å². The van der Waals surface area contributed by atoms with Crippen molar-refractivity contribution < 1.29 is 9.53 Å². The summed E-state index contributed by atoms with van der Waals surface area (Å²) in [6, 6.07) is 11.6. The van der Waals surface area contributed by atoms with Crippen LogP contribution >= 0.6 is 0 Å². The average Bonchev–Trinajstić information content (AvgIpc) is 2.50. The molecular formula is C17H18N2O2. The summed E-state index contributed by atoms with van der Waals surface area (Å²) in [6.07, 6.45) is 5.10. The van der Waals surface area contributed by atoms with Crippen LogP contribution < -0.4 is 15.8 Å². The number of benzene rings is 2. The van der Waals surface area contributed by atoms with E-state index in [0.717, 1.165) is 16.3 Å². The molecule has 0 heterocycles. The monoisotopic (exact) mass is 282 g/mol. The summed E-state index contributed by atoms with van der Waals surface area (Å²) < 4.78 is 5.71. The lowest BCUT2D eigenvalue weighted by Gasteiger charge is -2.16. The van der Waals surface area contributed by atoms with Gasteiger partial charge in [0.2, 0.25) is 0 Å². The molecular weight excluding hydrogens is 264 g/mol. The standard InChI is InChI=1S/C17H18N2O2/c1-3-10-19-16(20)11-21-17-14(12(2)18)9-8-13-6-4-5-7-15(13)17/h1,4-9,12H,10-11,18H2,2H3,(H,19,20)/t12-/m0/s1. The molecule has 1 atom stereocenters. The number of fused-ring (bicyclic) bond motifs is 1. The second-order valence-corrected chi connectivity index (χ2v) is 4.76. The smallest absolute Gasteiger partial charge is 0.258 e. The van der Waals surface area contributed by atoms with Crippen LogP contribution in [0.25, 0.3) is 10.8 Å². The van der Waals surface area contributed by atoms with Crippen molar-refractivity contribution in [1.29, 1.82) is 0 Å². The molecule has 0 bridgehead atoms. The fourth-order valence-corrected chi connectivity index (χ4v) is 2.12. The summed E-state index contributed by atoms with van der Waals surface area (Å²) in [5.74, 6) is 2.75. The van der Waals surface area contributed by atoms with E-state index < -0.39 is 0 Å². The van der Waals surface area contributed by atoms with Gasteiger partial charge in [0.15, 0.2) is 6.61 Å². The Hall–Kier alpha value is -2.51. The Morgan fingerprint density at radius 1 is 1.38 bits per heavy atom. The number of rotatable bonds is 5. The Kier molecular flexibility index (Phi) is 4.81. The first-order valence-electron chi connectivity index (χ1n) is 6.73. The third-order valence-corrected chi connectivity index (χ3v) is 3.14. The Bertz CT molecular complexity index is 687. The molecule has 3 N–H and O–H groups in total. The number of hydrogen-bond donors (Lipinski definition) is 2. The van der Waals surface area contributed by atoms with Crippen LogP contribution in [0, 0.1) is 12.3 Å². The van der Waals surface area contributed by atoms with Crippen LogP contribution in [0.4, 0.5) is 0 Å². The Labute approximate surface area is 124 Å². The number of ether oxygens (including phenoxy) is 1. The average molecular weight is 282 g/mol. The van der Waals surface area contributed by atoms with Gasteiger partial charge in [-0.15, -0.1) is 6.42 Å². The van der Waals surface area contributed by atoms with E-state index >= 15 is 0 Å². The van der Waals surface area contributed by atoms with Crippen LogP contribution in [0.15, 0.2) is 36.4 Å². The van der Waals surface area contributed by atoms with Gasteiger partial charge in [-0.2, -0.15) is 0 Å². The second-order valence-electron chi connectivity index (χ2n) is 4.76. The van der Waals surface area contributed by atoms with Crippen molar-refractivity contribution in [2.24, 2.45) is 5.73 Å².